The molecule has 1 saturated heterocycles. The molecule has 2 atom stereocenters. The molecule has 14 heavy (non-hydrogen) atoms. The predicted octanol–water partition coefficient (Wildman–Crippen LogP) is 2.03. The van der Waals surface area contributed by atoms with Crippen LogP contribution in [0.3, 0.4) is 0 Å². The van der Waals surface area contributed by atoms with E-state index in [0.29, 0.717) is 12.2 Å². The van der Waals surface area contributed by atoms with Gasteiger partial charge in [-0.25, -0.2) is 0 Å². The Morgan fingerprint density at radius 3 is 2.64 bits per heavy atom. The quantitative estimate of drug-likeness (QED) is 0.484. The Hall–Kier alpha value is 0.0969. The maximum absolute atomic E-state index is 5.75. The average Bonchev–Trinajstić information content (AvgIpc) is 2.82. The maximum atomic E-state index is 5.75. The molecule has 1 aliphatic rings. The minimum atomic E-state index is -1.48. The molecule has 0 bridgehead atoms. The molecular weight excluding hydrogens is 196 g/mol. The smallest absolute Gasteiger partial charge is 0.189 e. The molecular formula is C10H22O3Si. The van der Waals surface area contributed by atoms with Crippen molar-refractivity contribution in [3.63, 3.8) is 0 Å². The molecule has 4 heteroatoms. The van der Waals surface area contributed by atoms with E-state index in [2.05, 4.69) is 26.9 Å². The van der Waals surface area contributed by atoms with Gasteiger partial charge in [0.15, 0.2) is 8.32 Å². The Labute approximate surface area is 87.9 Å². The average molecular weight is 218 g/mol. The zero-order valence-corrected chi connectivity index (χ0v) is 10.7. The van der Waals surface area contributed by atoms with Gasteiger partial charge in [0, 0.05) is 6.61 Å². The second-order valence-corrected chi connectivity index (χ2v) is 8.71. The van der Waals surface area contributed by atoms with Gasteiger partial charge in [0.05, 0.1) is 19.3 Å². The molecule has 3 nitrogen and oxygen atoms in total. The highest BCUT2D eigenvalue weighted by atomic mass is 28.4. The predicted molar refractivity (Wildman–Crippen MR) is 59.1 cm³/mol. The SMILES string of the molecule is CCO[Si](C)(C)CC(C)OCC1CO1. The van der Waals surface area contributed by atoms with Crippen LogP contribution in [0.1, 0.15) is 13.8 Å². The minimum Gasteiger partial charge on any atom is -0.418 e. The number of hydrogen-bond acceptors (Lipinski definition) is 3. The van der Waals surface area contributed by atoms with E-state index in [1.54, 1.807) is 0 Å². The van der Waals surface area contributed by atoms with Crippen molar-refractivity contribution < 1.29 is 13.9 Å². The Morgan fingerprint density at radius 1 is 1.50 bits per heavy atom. The van der Waals surface area contributed by atoms with Crippen molar-refractivity contribution >= 4 is 8.32 Å². The van der Waals surface area contributed by atoms with Crippen LogP contribution in [-0.2, 0) is 13.9 Å². The van der Waals surface area contributed by atoms with Crippen molar-refractivity contribution in [1.82, 2.24) is 0 Å². The lowest BCUT2D eigenvalue weighted by Gasteiger charge is -2.25. The number of ether oxygens (including phenoxy) is 2. The second-order valence-electron chi connectivity index (χ2n) is 4.50. The molecule has 0 amide bonds. The van der Waals surface area contributed by atoms with Crippen LogP contribution >= 0.6 is 0 Å². The van der Waals surface area contributed by atoms with Crippen LogP contribution in [0.5, 0.6) is 0 Å². The van der Waals surface area contributed by atoms with Gasteiger partial charge in [0.25, 0.3) is 0 Å². The van der Waals surface area contributed by atoms with Gasteiger partial charge in [-0.2, -0.15) is 0 Å². The van der Waals surface area contributed by atoms with E-state index in [4.69, 9.17) is 13.9 Å². The van der Waals surface area contributed by atoms with Crippen LogP contribution in [0.4, 0.5) is 0 Å². The molecule has 0 saturated carbocycles. The molecule has 0 aromatic heterocycles. The molecule has 0 spiro atoms. The summed E-state index contributed by atoms with van der Waals surface area (Å²) in [6, 6.07) is 1.06. The molecule has 1 aliphatic heterocycles. The van der Waals surface area contributed by atoms with Crippen LogP contribution in [0.25, 0.3) is 0 Å². The van der Waals surface area contributed by atoms with Crippen LogP contribution in [0, 0.1) is 0 Å². The monoisotopic (exact) mass is 218 g/mol. The van der Waals surface area contributed by atoms with Gasteiger partial charge in [-0.05, 0) is 33.0 Å². The van der Waals surface area contributed by atoms with E-state index in [-0.39, 0.29) is 0 Å². The van der Waals surface area contributed by atoms with Crippen LogP contribution in [-0.4, -0.2) is 40.3 Å². The van der Waals surface area contributed by atoms with E-state index in [9.17, 15) is 0 Å². The highest BCUT2D eigenvalue weighted by Gasteiger charge is 2.27. The fourth-order valence-electron chi connectivity index (χ4n) is 1.64. The highest BCUT2D eigenvalue weighted by molar-refractivity contribution is 6.71. The first-order valence-electron chi connectivity index (χ1n) is 5.40. The van der Waals surface area contributed by atoms with Gasteiger partial charge in [0.1, 0.15) is 6.10 Å². The van der Waals surface area contributed by atoms with Gasteiger partial charge < -0.3 is 13.9 Å². The lowest BCUT2D eigenvalue weighted by molar-refractivity contribution is 0.0627. The topological polar surface area (TPSA) is 31.0 Å². The Balaban J connectivity index is 2.12. The van der Waals surface area contributed by atoms with Crippen molar-refractivity contribution in [1.29, 1.82) is 0 Å². The summed E-state index contributed by atoms with van der Waals surface area (Å²) in [5.41, 5.74) is 0. The van der Waals surface area contributed by atoms with Crippen molar-refractivity contribution in [3.05, 3.63) is 0 Å². The number of rotatable bonds is 7. The van der Waals surface area contributed by atoms with Gasteiger partial charge in [0.2, 0.25) is 0 Å². The van der Waals surface area contributed by atoms with Crippen molar-refractivity contribution in [3.8, 4) is 0 Å². The van der Waals surface area contributed by atoms with E-state index in [1.165, 1.54) is 0 Å². The standard InChI is InChI=1S/C10H22O3Si/c1-5-13-14(3,4)8-9(2)11-6-10-7-12-10/h9-10H,5-8H2,1-4H3. The summed E-state index contributed by atoms with van der Waals surface area (Å²) in [6.45, 7) is 11.1. The van der Waals surface area contributed by atoms with E-state index in [0.717, 1.165) is 25.9 Å². The van der Waals surface area contributed by atoms with Gasteiger partial charge in [-0.15, -0.1) is 0 Å². The summed E-state index contributed by atoms with van der Waals surface area (Å²) in [4.78, 5) is 0. The molecule has 0 aromatic carbocycles. The van der Waals surface area contributed by atoms with Gasteiger partial charge >= 0.3 is 0 Å². The normalized spacial score (nSPS) is 23.6. The zero-order chi connectivity index (χ0) is 10.6. The summed E-state index contributed by atoms with van der Waals surface area (Å²) in [7, 11) is -1.48. The van der Waals surface area contributed by atoms with E-state index < -0.39 is 8.32 Å². The molecule has 0 aliphatic carbocycles. The second kappa shape index (κ2) is 5.26. The van der Waals surface area contributed by atoms with Gasteiger partial charge in [-0.1, -0.05) is 0 Å². The highest BCUT2D eigenvalue weighted by Crippen LogP contribution is 2.17. The Bertz CT molecular complexity index is 169. The minimum absolute atomic E-state index is 0.299. The molecule has 1 fully saturated rings. The molecule has 1 rings (SSSR count). The van der Waals surface area contributed by atoms with Crippen LogP contribution in [0.15, 0.2) is 0 Å². The third-order valence-electron chi connectivity index (χ3n) is 2.28. The fraction of sp³-hybridized carbons (Fsp3) is 1.00. The first-order chi connectivity index (χ1) is 6.53. The summed E-state index contributed by atoms with van der Waals surface area (Å²) in [5, 5.41) is 0. The van der Waals surface area contributed by atoms with Crippen molar-refractivity contribution in [2.75, 3.05) is 19.8 Å². The Morgan fingerprint density at radius 2 is 2.14 bits per heavy atom. The third-order valence-corrected chi connectivity index (χ3v) is 4.91. The lowest BCUT2D eigenvalue weighted by atomic mass is 10.4. The molecule has 0 N–H and O–H groups in total. The first-order valence-corrected chi connectivity index (χ1v) is 8.52. The zero-order valence-electron chi connectivity index (χ0n) is 9.71. The van der Waals surface area contributed by atoms with E-state index >= 15 is 0 Å². The Kier molecular flexibility index (Phi) is 4.57. The maximum Gasteiger partial charge on any atom is 0.189 e. The van der Waals surface area contributed by atoms with Crippen LogP contribution < -0.4 is 0 Å². The molecule has 2 unspecified atom stereocenters. The number of hydrogen-bond donors (Lipinski definition) is 0. The van der Waals surface area contributed by atoms with Gasteiger partial charge in [-0.3, -0.25) is 0 Å². The first kappa shape index (κ1) is 12.2. The molecule has 84 valence electrons. The number of epoxide rings is 1. The summed E-state index contributed by atoms with van der Waals surface area (Å²) < 4.78 is 16.5. The summed E-state index contributed by atoms with van der Waals surface area (Å²) >= 11 is 0. The largest absolute Gasteiger partial charge is 0.418 e. The summed E-state index contributed by atoms with van der Waals surface area (Å²) in [6.07, 6.45) is 0.668. The summed E-state index contributed by atoms with van der Waals surface area (Å²) in [5.74, 6) is 0. The fourth-order valence-corrected chi connectivity index (χ4v) is 4.04. The van der Waals surface area contributed by atoms with Crippen molar-refractivity contribution in [2.24, 2.45) is 0 Å². The third kappa shape index (κ3) is 5.10. The lowest BCUT2D eigenvalue weighted by Crippen LogP contribution is -2.35. The van der Waals surface area contributed by atoms with Crippen LogP contribution in [0.2, 0.25) is 19.1 Å². The molecule has 0 radical (unpaired) electrons. The molecule has 1 heterocycles. The van der Waals surface area contributed by atoms with E-state index in [1.807, 2.05) is 0 Å². The van der Waals surface area contributed by atoms with Crippen molar-refractivity contribution in [2.45, 2.75) is 45.2 Å². The molecule has 0 aromatic rings.